The Morgan fingerprint density at radius 3 is 2.56 bits per heavy atom. The van der Waals surface area contributed by atoms with Gasteiger partial charge in [0.15, 0.2) is 6.61 Å². The monoisotopic (exact) mass is 540 g/mol. The number of Topliss-reactive ketones (excluding diaryl/α,β-unsaturated/α-hetero) is 1. The molecule has 0 spiro atoms. The molecule has 0 aliphatic carbocycles. The van der Waals surface area contributed by atoms with Crippen LogP contribution in [0.1, 0.15) is 31.4 Å². The molecule has 0 saturated carbocycles. The predicted octanol–water partition coefficient (Wildman–Crippen LogP) is 2.16. The van der Waals surface area contributed by atoms with Gasteiger partial charge in [-0.15, -0.1) is 0 Å². The summed E-state index contributed by atoms with van der Waals surface area (Å²) >= 11 is 6.02. The van der Waals surface area contributed by atoms with Crippen LogP contribution in [0.3, 0.4) is 0 Å². The first kappa shape index (κ1) is 28.0. The summed E-state index contributed by atoms with van der Waals surface area (Å²) in [6.07, 6.45) is 1.42. The Bertz CT molecular complexity index is 1200. The molecule has 9 nitrogen and oxygen atoms in total. The van der Waals surface area contributed by atoms with Gasteiger partial charge in [-0.05, 0) is 44.0 Å². The minimum absolute atomic E-state index is 0.0637. The number of ketones is 1. The van der Waals surface area contributed by atoms with Crippen molar-refractivity contribution in [2.75, 3.05) is 25.4 Å². The molecule has 1 aromatic heterocycles. The van der Waals surface area contributed by atoms with Gasteiger partial charge >= 0.3 is 0 Å². The zero-order valence-corrected chi connectivity index (χ0v) is 21.8. The van der Waals surface area contributed by atoms with Crippen LogP contribution in [0.5, 0.6) is 5.88 Å². The van der Waals surface area contributed by atoms with E-state index in [2.05, 4.69) is 9.88 Å². The second kappa shape index (κ2) is 12.1. The van der Waals surface area contributed by atoms with E-state index in [1.807, 2.05) is 13.8 Å². The van der Waals surface area contributed by atoms with E-state index in [1.165, 1.54) is 18.3 Å². The number of rotatable bonds is 10. The maximum absolute atomic E-state index is 13.2. The summed E-state index contributed by atoms with van der Waals surface area (Å²) in [4.78, 5) is 33.0. The number of primary sulfonamides is 1. The lowest BCUT2D eigenvalue weighted by Gasteiger charge is -2.44. The van der Waals surface area contributed by atoms with Crippen LogP contribution in [0.25, 0.3) is 0 Å². The Morgan fingerprint density at radius 1 is 1.19 bits per heavy atom. The van der Waals surface area contributed by atoms with E-state index in [1.54, 1.807) is 23.1 Å². The van der Waals surface area contributed by atoms with Crippen molar-refractivity contribution < 1.29 is 27.1 Å². The Morgan fingerprint density at radius 2 is 1.89 bits per heavy atom. The van der Waals surface area contributed by atoms with E-state index in [9.17, 15) is 22.4 Å². The second-order valence-corrected chi connectivity index (χ2v) is 11.1. The van der Waals surface area contributed by atoms with Crippen LogP contribution in [0, 0.1) is 5.82 Å². The van der Waals surface area contributed by atoms with Crippen LogP contribution in [0.4, 0.5) is 4.39 Å². The summed E-state index contributed by atoms with van der Waals surface area (Å²) in [5.74, 6) is -1.61. The average Bonchev–Trinajstić information content (AvgIpc) is 2.79. The number of pyridine rings is 1. The normalized spacial score (nSPS) is 18.8. The topological polar surface area (TPSA) is 123 Å². The number of carbonyl (C=O) groups is 2. The molecule has 2 heterocycles. The molecule has 1 aliphatic heterocycles. The third kappa shape index (κ3) is 8.22. The summed E-state index contributed by atoms with van der Waals surface area (Å²) in [6.45, 7) is 5.57. The fourth-order valence-corrected chi connectivity index (χ4v) is 4.93. The highest BCUT2D eigenvalue weighted by molar-refractivity contribution is 7.89. The quantitative estimate of drug-likeness (QED) is 0.490. The number of halogens is 2. The third-order valence-corrected chi connectivity index (χ3v) is 6.93. The van der Waals surface area contributed by atoms with Gasteiger partial charge in [0.25, 0.3) is 5.91 Å². The van der Waals surface area contributed by atoms with E-state index in [0.717, 1.165) is 5.56 Å². The molecular weight excluding hydrogens is 511 g/mol. The Kier molecular flexibility index (Phi) is 9.40. The smallest absolute Gasteiger partial charge is 0.260 e. The molecule has 196 valence electrons. The van der Waals surface area contributed by atoms with Crippen molar-refractivity contribution in [3.63, 3.8) is 0 Å². The van der Waals surface area contributed by atoms with Gasteiger partial charge in [-0.2, -0.15) is 0 Å². The summed E-state index contributed by atoms with van der Waals surface area (Å²) < 4.78 is 41.1. The number of ether oxygens (including phenoxy) is 1. The summed E-state index contributed by atoms with van der Waals surface area (Å²) in [6, 6.07) is 7.99. The largest absolute Gasteiger partial charge is 0.467 e. The lowest BCUT2D eigenvalue weighted by atomic mass is 10.1. The molecule has 1 fully saturated rings. The van der Waals surface area contributed by atoms with Crippen LogP contribution >= 0.6 is 11.6 Å². The molecule has 1 amide bonds. The van der Waals surface area contributed by atoms with Gasteiger partial charge in [-0.25, -0.2) is 22.9 Å². The van der Waals surface area contributed by atoms with Crippen LogP contribution < -0.4 is 9.88 Å². The molecule has 36 heavy (non-hydrogen) atoms. The first-order valence-electron chi connectivity index (χ1n) is 11.5. The van der Waals surface area contributed by atoms with Crippen LogP contribution in [-0.2, 0) is 32.6 Å². The van der Waals surface area contributed by atoms with Gasteiger partial charge in [0, 0.05) is 49.9 Å². The number of aryl methyl sites for hydroxylation is 1. The van der Waals surface area contributed by atoms with Gasteiger partial charge in [-0.3, -0.25) is 14.5 Å². The predicted molar refractivity (Wildman–Crippen MR) is 133 cm³/mol. The maximum atomic E-state index is 13.2. The first-order chi connectivity index (χ1) is 16.9. The number of carbonyl (C=O) groups excluding carboxylic acids is 2. The first-order valence-corrected chi connectivity index (χ1v) is 13.6. The number of sulfonamides is 1. The molecule has 0 radical (unpaired) electrons. The maximum Gasteiger partial charge on any atom is 0.260 e. The van der Waals surface area contributed by atoms with E-state index in [0.29, 0.717) is 30.2 Å². The Labute approximate surface area is 215 Å². The minimum Gasteiger partial charge on any atom is -0.467 e. The van der Waals surface area contributed by atoms with Crippen LogP contribution in [0.15, 0.2) is 36.5 Å². The molecule has 1 saturated heterocycles. The zero-order chi connectivity index (χ0) is 26.5. The number of nitrogens with zero attached hydrogens (tertiary/aromatic N) is 3. The number of hydrogen-bond acceptors (Lipinski definition) is 7. The highest BCUT2D eigenvalue weighted by Gasteiger charge is 2.32. The molecule has 2 atom stereocenters. The van der Waals surface area contributed by atoms with Gasteiger partial charge in [0.2, 0.25) is 15.9 Å². The molecule has 3 rings (SSSR count). The Hall–Kier alpha value is -2.60. The number of piperazine rings is 1. The minimum atomic E-state index is -3.90. The summed E-state index contributed by atoms with van der Waals surface area (Å²) in [5.41, 5.74) is 1.49. The molecule has 12 heteroatoms. The van der Waals surface area contributed by atoms with Gasteiger partial charge in [-0.1, -0.05) is 23.7 Å². The van der Waals surface area contributed by atoms with Crippen molar-refractivity contribution in [3.05, 3.63) is 58.5 Å². The lowest BCUT2D eigenvalue weighted by Crippen LogP contribution is -2.58. The van der Waals surface area contributed by atoms with Crippen molar-refractivity contribution >= 4 is 33.3 Å². The van der Waals surface area contributed by atoms with Gasteiger partial charge in [0.1, 0.15) is 17.4 Å². The SMILES string of the molecule is C[C@@H]1CN(Cc2ccc(F)cc2)[C@@H](C)CN1C(=O)COc1ncc(Cl)cc1CCC(=O)CS(N)(=O)=O. The van der Waals surface area contributed by atoms with Crippen LogP contribution in [-0.4, -0.2) is 72.4 Å². The van der Waals surface area contributed by atoms with Crippen molar-refractivity contribution in [3.8, 4) is 5.88 Å². The molecule has 0 bridgehead atoms. The number of nitrogens with two attached hydrogens (primary N) is 1. The molecule has 2 N–H and O–H groups in total. The molecule has 2 aromatic rings. The summed E-state index contributed by atoms with van der Waals surface area (Å²) in [5, 5.41) is 5.24. The second-order valence-electron chi connectivity index (χ2n) is 9.05. The number of aromatic nitrogens is 1. The van der Waals surface area contributed by atoms with E-state index < -0.39 is 21.6 Å². The van der Waals surface area contributed by atoms with Gasteiger partial charge < -0.3 is 9.64 Å². The van der Waals surface area contributed by atoms with Crippen molar-refractivity contribution in [1.82, 2.24) is 14.8 Å². The number of amides is 1. The zero-order valence-electron chi connectivity index (χ0n) is 20.2. The van der Waals surface area contributed by atoms with Crippen molar-refractivity contribution in [2.24, 2.45) is 5.14 Å². The lowest BCUT2D eigenvalue weighted by molar-refractivity contribution is -0.139. The van der Waals surface area contributed by atoms with E-state index in [-0.39, 0.29) is 49.1 Å². The molecule has 1 aromatic carbocycles. The number of benzene rings is 1. The fraction of sp³-hybridized carbons (Fsp3) is 0.458. The molecular formula is C24H30ClFN4O5S. The third-order valence-electron chi connectivity index (χ3n) is 5.99. The van der Waals surface area contributed by atoms with Crippen LogP contribution in [0.2, 0.25) is 5.02 Å². The fourth-order valence-electron chi connectivity index (χ4n) is 4.15. The average molecular weight is 541 g/mol. The van der Waals surface area contributed by atoms with Crippen molar-refractivity contribution in [2.45, 2.75) is 45.3 Å². The van der Waals surface area contributed by atoms with Gasteiger partial charge in [0.05, 0.1) is 5.02 Å². The molecule has 0 unspecified atom stereocenters. The standard InChI is InChI=1S/C24H30ClFN4O5S/c1-16-12-30(17(2)11-29(16)13-18-3-6-21(26)7-4-18)23(32)14-35-24-19(9-20(25)10-28-24)5-8-22(31)15-36(27,33)34/h3-4,6-7,9-10,16-17H,5,8,11-15H2,1-2H3,(H2,27,33,34)/t16-,17+/m0/s1. The highest BCUT2D eigenvalue weighted by Crippen LogP contribution is 2.23. The summed E-state index contributed by atoms with van der Waals surface area (Å²) in [7, 11) is -3.90. The molecule has 1 aliphatic rings. The Balaban J connectivity index is 1.57. The highest BCUT2D eigenvalue weighted by atomic mass is 35.5. The van der Waals surface area contributed by atoms with E-state index in [4.69, 9.17) is 21.5 Å². The van der Waals surface area contributed by atoms with Crippen molar-refractivity contribution in [1.29, 1.82) is 0 Å². The number of hydrogen-bond donors (Lipinski definition) is 1. The van der Waals surface area contributed by atoms with E-state index >= 15 is 0 Å².